The van der Waals surface area contributed by atoms with Crippen molar-refractivity contribution in [2.75, 3.05) is 5.73 Å². The van der Waals surface area contributed by atoms with Gasteiger partial charge in [-0.15, -0.1) is 0 Å². The van der Waals surface area contributed by atoms with Gasteiger partial charge in [-0.25, -0.2) is 4.98 Å². The molecular weight excluding hydrogens is 274 g/mol. The molecule has 1 aromatic carbocycles. The summed E-state index contributed by atoms with van der Waals surface area (Å²) in [5.74, 6) is 0.468. The highest BCUT2D eigenvalue weighted by molar-refractivity contribution is 6.35. The van der Waals surface area contributed by atoms with E-state index in [1.807, 2.05) is 48.3 Å². The van der Waals surface area contributed by atoms with Gasteiger partial charge in [-0.2, -0.15) is 5.10 Å². The summed E-state index contributed by atoms with van der Waals surface area (Å²) < 4.78 is 3.82. The van der Waals surface area contributed by atoms with E-state index < -0.39 is 0 Å². The fourth-order valence-electron chi connectivity index (χ4n) is 2.52. The molecule has 2 aromatic heterocycles. The van der Waals surface area contributed by atoms with Gasteiger partial charge in [0.1, 0.15) is 0 Å². The number of nitrogen functional groups attached to an aromatic ring is 1. The van der Waals surface area contributed by atoms with E-state index in [1.54, 1.807) is 0 Å². The van der Waals surface area contributed by atoms with Crippen LogP contribution in [0.3, 0.4) is 0 Å². The Morgan fingerprint density at radius 2 is 2.05 bits per heavy atom. The lowest BCUT2D eigenvalue weighted by Gasteiger charge is -2.08. The third kappa shape index (κ3) is 1.86. The predicted molar refractivity (Wildman–Crippen MR) is 80.9 cm³/mol. The number of imidazole rings is 1. The van der Waals surface area contributed by atoms with E-state index in [9.17, 15) is 0 Å². The average Bonchev–Trinajstić information content (AvgIpc) is 2.83. The summed E-state index contributed by atoms with van der Waals surface area (Å²) in [7, 11) is 1.94. The zero-order valence-corrected chi connectivity index (χ0v) is 12.4. The highest BCUT2D eigenvalue weighted by atomic mass is 35.5. The maximum atomic E-state index is 6.29. The first-order valence-electron chi connectivity index (χ1n) is 6.38. The van der Waals surface area contributed by atoms with Crippen molar-refractivity contribution in [3.63, 3.8) is 0 Å². The molecule has 0 atom stereocenters. The van der Waals surface area contributed by atoms with E-state index in [0.29, 0.717) is 17.5 Å². The monoisotopic (exact) mass is 289 g/mol. The van der Waals surface area contributed by atoms with Crippen molar-refractivity contribution in [1.82, 2.24) is 19.3 Å². The Morgan fingerprint density at radius 3 is 2.70 bits per heavy atom. The quantitative estimate of drug-likeness (QED) is 0.789. The van der Waals surface area contributed by atoms with Gasteiger partial charge >= 0.3 is 0 Å². The molecular formula is C14H16ClN5. The van der Waals surface area contributed by atoms with Crippen molar-refractivity contribution in [2.45, 2.75) is 20.4 Å². The molecule has 20 heavy (non-hydrogen) atoms. The Hall–Kier alpha value is -2.01. The molecule has 0 saturated heterocycles. The maximum Gasteiger partial charge on any atom is 0.201 e. The van der Waals surface area contributed by atoms with Gasteiger partial charge in [0.05, 0.1) is 28.3 Å². The van der Waals surface area contributed by atoms with Gasteiger partial charge in [-0.1, -0.05) is 17.7 Å². The fraction of sp³-hybridized carbons (Fsp3) is 0.286. The second kappa shape index (κ2) is 4.52. The van der Waals surface area contributed by atoms with Gasteiger partial charge in [-0.3, -0.25) is 4.68 Å². The minimum Gasteiger partial charge on any atom is -0.369 e. The van der Waals surface area contributed by atoms with E-state index in [-0.39, 0.29) is 0 Å². The van der Waals surface area contributed by atoms with Gasteiger partial charge < -0.3 is 10.3 Å². The lowest BCUT2D eigenvalue weighted by molar-refractivity contribution is 0.728. The van der Waals surface area contributed by atoms with Crippen LogP contribution in [-0.2, 0) is 13.6 Å². The third-order valence-electron chi connectivity index (χ3n) is 3.72. The van der Waals surface area contributed by atoms with Crippen LogP contribution in [0.2, 0.25) is 5.02 Å². The molecule has 6 heteroatoms. The van der Waals surface area contributed by atoms with Crippen LogP contribution in [0.4, 0.5) is 5.95 Å². The number of aryl methyl sites for hydroxylation is 2. The number of hydrogen-bond acceptors (Lipinski definition) is 3. The van der Waals surface area contributed by atoms with Gasteiger partial charge in [0.15, 0.2) is 0 Å². The SMILES string of the molecule is Cc1nn(C)c(C)c1Cn1c(N)nc2cccc(Cl)c21. The number of aromatic nitrogens is 4. The van der Waals surface area contributed by atoms with Crippen molar-refractivity contribution in [1.29, 1.82) is 0 Å². The van der Waals surface area contributed by atoms with Crippen molar-refractivity contribution in [2.24, 2.45) is 7.05 Å². The molecule has 0 bridgehead atoms. The normalized spacial score (nSPS) is 11.4. The lowest BCUT2D eigenvalue weighted by Crippen LogP contribution is -2.06. The Bertz CT molecular complexity index is 800. The fourth-order valence-corrected chi connectivity index (χ4v) is 2.80. The lowest BCUT2D eigenvalue weighted by atomic mass is 10.2. The summed E-state index contributed by atoms with van der Waals surface area (Å²) in [6, 6.07) is 5.64. The van der Waals surface area contributed by atoms with Crippen LogP contribution in [0, 0.1) is 13.8 Å². The minimum absolute atomic E-state index is 0.468. The highest BCUT2D eigenvalue weighted by Crippen LogP contribution is 2.27. The Balaban J connectivity index is 2.18. The topological polar surface area (TPSA) is 61.7 Å². The number of hydrogen-bond donors (Lipinski definition) is 1. The molecule has 2 N–H and O–H groups in total. The van der Waals surface area contributed by atoms with Crippen LogP contribution in [-0.4, -0.2) is 19.3 Å². The highest BCUT2D eigenvalue weighted by Gasteiger charge is 2.15. The van der Waals surface area contributed by atoms with Crippen LogP contribution < -0.4 is 5.73 Å². The first-order valence-corrected chi connectivity index (χ1v) is 6.76. The largest absolute Gasteiger partial charge is 0.369 e. The second-order valence-corrected chi connectivity index (χ2v) is 5.34. The molecule has 0 radical (unpaired) electrons. The van der Waals surface area contributed by atoms with Gasteiger partial charge in [0, 0.05) is 18.3 Å². The van der Waals surface area contributed by atoms with E-state index >= 15 is 0 Å². The van der Waals surface area contributed by atoms with Crippen molar-refractivity contribution in [3.05, 3.63) is 40.2 Å². The molecule has 0 spiro atoms. The molecule has 2 heterocycles. The maximum absolute atomic E-state index is 6.29. The number of para-hydroxylation sites is 1. The first-order chi connectivity index (χ1) is 9.49. The number of nitrogens with zero attached hydrogens (tertiary/aromatic N) is 4. The number of halogens is 1. The molecule has 0 aliphatic rings. The number of benzene rings is 1. The van der Waals surface area contributed by atoms with E-state index in [4.69, 9.17) is 17.3 Å². The number of anilines is 1. The van der Waals surface area contributed by atoms with Crippen LogP contribution in [0.1, 0.15) is 17.0 Å². The molecule has 3 rings (SSSR count). The molecule has 0 amide bonds. The molecule has 0 aliphatic carbocycles. The Kier molecular flexibility index (Phi) is 2.94. The number of fused-ring (bicyclic) bond motifs is 1. The number of nitrogens with two attached hydrogens (primary N) is 1. The van der Waals surface area contributed by atoms with E-state index in [1.165, 1.54) is 0 Å². The molecule has 104 valence electrons. The van der Waals surface area contributed by atoms with E-state index in [0.717, 1.165) is 28.0 Å². The Morgan fingerprint density at radius 1 is 1.30 bits per heavy atom. The van der Waals surface area contributed by atoms with Crippen molar-refractivity contribution >= 4 is 28.6 Å². The smallest absolute Gasteiger partial charge is 0.201 e. The molecule has 0 aliphatic heterocycles. The van der Waals surface area contributed by atoms with Gasteiger partial charge in [0.2, 0.25) is 5.95 Å². The summed E-state index contributed by atoms with van der Waals surface area (Å²) in [4.78, 5) is 4.37. The summed E-state index contributed by atoms with van der Waals surface area (Å²) in [6.45, 7) is 4.67. The third-order valence-corrected chi connectivity index (χ3v) is 4.03. The minimum atomic E-state index is 0.468. The van der Waals surface area contributed by atoms with Crippen LogP contribution in [0.5, 0.6) is 0 Å². The summed E-state index contributed by atoms with van der Waals surface area (Å²) >= 11 is 6.29. The van der Waals surface area contributed by atoms with E-state index in [2.05, 4.69) is 10.1 Å². The van der Waals surface area contributed by atoms with Crippen molar-refractivity contribution in [3.8, 4) is 0 Å². The average molecular weight is 290 g/mol. The zero-order valence-electron chi connectivity index (χ0n) is 11.7. The summed E-state index contributed by atoms with van der Waals surface area (Å²) in [5, 5.41) is 5.09. The summed E-state index contributed by atoms with van der Waals surface area (Å²) in [6.07, 6.45) is 0. The number of rotatable bonds is 2. The van der Waals surface area contributed by atoms with Crippen LogP contribution in [0.15, 0.2) is 18.2 Å². The van der Waals surface area contributed by atoms with Gasteiger partial charge in [-0.05, 0) is 26.0 Å². The molecule has 3 aromatic rings. The zero-order chi connectivity index (χ0) is 14.4. The van der Waals surface area contributed by atoms with Crippen LogP contribution in [0.25, 0.3) is 11.0 Å². The first kappa shape index (κ1) is 13.0. The molecule has 5 nitrogen and oxygen atoms in total. The van der Waals surface area contributed by atoms with Crippen LogP contribution >= 0.6 is 11.6 Å². The van der Waals surface area contributed by atoms with Crippen molar-refractivity contribution < 1.29 is 0 Å². The molecule has 0 fully saturated rings. The summed E-state index contributed by atoms with van der Waals surface area (Å²) in [5.41, 5.74) is 11.0. The molecule has 0 unspecified atom stereocenters. The molecule has 0 saturated carbocycles. The second-order valence-electron chi connectivity index (χ2n) is 4.94. The predicted octanol–water partition coefficient (Wildman–Crippen LogP) is 2.67. The standard InChI is InChI=1S/C14H16ClN5/c1-8-10(9(2)19(3)18-8)7-20-13-11(15)5-4-6-12(13)17-14(20)16/h4-6H,7H2,1-3H3,(H2,16,17). The Labute approximate surface area is 122 Å². The van der Waals surface area contributed by atoms with Gasteiger partial charge in [0.25, 0.3) is 0 Å².